The van der Waals surface area contributed by atoms with Gasteiger partial charge in [0.1, 0.15) is 55.4 Å². The topological polar surface area (TPSA) is 231 Å². The van der Waals surface area contributed by atoms with Crippen molar-refractivity contribution >= 4 is 11.9 Å². The first kappa shape index (κ1) is 66.6. The second kappa shape index (κ2) is 44.6. The Labute approximate surface area is 436 Å². The molecule has 0 amide bonds. The highest BCUT2D eigenvalue weighted by molar-refractivity contribution is 5.70. The average Bonchev–Trinajstić information content (AvgIpc) is 3.37. The van der Waals surface area contributed by atoms with Crippen molar-refractivity contribution in [1.29, 1.82) is 0 Å². The molecule has 0 aliphatic carbocycles. The Morgan fingerprint density at radius 2 is 0.708 bits per heavy atom. The minimum atomic E-state index is -1.76. The van der Waals surface area contributed by atoms with Crippen molar-refractivity contribution in [3.63, 3.8) is 0 Å². The number of hydrogen-bond donors (Lipinski definition) is 7. The maximum Gasteiger partial charge on any atom is 0.306 e. The third kappa shape index (κ3) is 31.5. The smallest absolute Gasteiger partial charge is 0.306 e. The number of ether oxygens (including phenoxy) is 6. The number of hydrogen-bond acceptors (Lipinski definition) is 15. The van der Waals surface area contributed by atoms with Gasteiger partial charge in [0.15, 0.2) is 18.7 Å². The zero-order valence-electron chi connectivity index (χ0n) is 45.4. The lowest BCUT2D eigenvalue weighted by atomic mass is 9.98. The van der Waals surface area contributed by atoms with Crippen molar-refractivity contribution in [2.45, 2.75) is 325 Å². The number of aliphatic hydroxyl groups is 7. The van der Waals surface area contributed by atoms with Gasteiger partial charge in [0, 0.05) is 12.8 Å². The van der Waals surface area contributed by atoms with Crippen LogP contribution in [0.5, 0.6) is 0 Å². The van der Waals surface area contributed by atoms with Crippen molar-refractivity contribution in [3.05, 3.63) is 0 Å². The van der Waals surface area contributed by atoms with Gasteiger partial charge in [0.05, 0.1) is 19.8 Å². The summed E-state index contributed by atoms with van der Waals surface area (Å²) < 4.78 is 33.7. The highest BCUT2D eigenvalue weighted by Crippen LogP contribution is 2.27. The molecule has 426 valence electrons. The lowest BCUT2D eigenvalue weighted by Gasteiger charge is -2.42. The molecule has 72 heavy (non-hydrogen) atoms. The lowest BCUT2D eigenvalue weighted by Crippen LogP contribution is -2.61. The van der Waals surface area contributed by atoms with Crippen LogP contribution in [-0.2, 0) is 38.0 Å². The molecule has 2 fully saturated rings. The number of rotatable bonds is 48. The van der Waals surface area contributed by atoms with E-state index in [0.29, 0.717) is 12.8 Å². The van der Waals surface area contributed by atoms with Crippen molar-refractivity contribution in [3.8, 4) is 0 Å². The molecular formula is C57H108O15. The molecule has 4 unspecified atom stereocenters. The quantitative estimate of drug-likeness (QED) is 0.0222. The average molecular weight is 1030 g/mol. The van der Waals surface area contributed by atoms with Gasteiger partial charge in [-0.15, -0.1) is 0 Å². The fourth-order valence-electron chi connectivity index (χ4n) is 9.75. The van der Waals surface area contributed by atoms with Crippen molar-refractivity contribution in [2.75, 3.05) is 26.4 Å². The predicted molar refractivity (Wildman–Crippen MR) is 280 cm³/mol. The van der Waals surface area contributed by atoms with Gasteiger partial charge in [-0.1, -0.05) is 232 Å². The fourth-order valence-corrected chi connectivity index (χ4v) is 9.75. The first-order chi connectivity index (χ1) is 35.0. The second-order valence-electron chi connectivity index (χ2n) is 21.2. The highest BCUT2D eigenvalue weighted by Gasteiger charge is 2.47. The minimum absolute atomic E-state index is 0.174. The molecule has 0 saturated carbocycles. The van der Waals surface area contributed by atoms with Crippen LogP contribution in [0.25, 0.3) is 0 Å². The van der Waals surface area contributed by atoms with E-state index in [2.05, 4.69) is 13.8 Å². The van der Waals surface area contributed by atoms with E-state index < -0.39 is 92.7 Å². The summed E-state index contributed by atoms with van der Waals surface area (Å²) in [5.74, 6) is -0.903. The van der Waals surface area contributed by atoms with Crippen LogP contribution in [0, 0.1) is 0 Å². The summed E-state index contributed by atoms with van der Waals surface area (Å²) >= 11 is 0. The second-order valence-corrected chi connectivity index (χ2v) is 21.2. The number of carbonyl (C=O) groups is 2. The van der Waals surface area contributed by atoms with E-state index >= 15 is 0 Å². The van der Waals surface area contributed by atoms with Gasteiger partial charge in [-0.25, -0.2) is 0 Å². The number of carbonyl (C=O) groups excluding carboxylic acids is 2. The molecule has 0 radical (unpaired) electrons. The third-order valence-electron chi connectivity index (χ3n) is 14.6. The molecule has 2 aliphatic rings. The molecule has 0 bridgehead atoms. The summed E-state index contributed by atoms with van der Waals surface area (Å²) in [4.78, 5) is 25.9. The summed E-state index contributed by atoms with van der Waals surface area (Å²) in [6, 6.07) is 0. The molecule has 0 spiro atoms. The molecule has 11 atom stereocenters. The first-order valence-corrected chi connectivity index (χ1v) is 29.6. The minimum Gasteiger partial charge on any atom is -0.462 e. The van der Waals surface area contributed by atoms with Gasteiger partial charge >= 0.3 is 11.9 Å². The fraction of sp³-hybridized carbons (Fsp3) is 0.965. The monoisotopic (exact) mass is 1030 g/mol. The Balaban J connectivity index is 1.73. The van der Waals surface area contributed by atoms with Crippen LogP contribution >= 0.6 is 0 Å². The van der Waals surface area contributed by atoms with E-state index in [-0.39, 0.29) is 26.1 Å². The molecule has 0 aromatic carbocycles. The van der Waals surface area contributed by atoms with E-state index in [0.717, 1.165) is 38.5 Å². The Hall–Kier alpha value is -1.50. The predicted octanol–water partition coefficient (Wildman–Crippen LogP) is 9.95. The van der Waals surface area contributed by atoms with Crippen LogP contribution in [0.15, 0.2) is 0 Å². The Bertz CT molecular complexity index is 1260. The third-order valence-corrected chi connectivity index (χ3v) is 14.6. The van der Waals surface area contributed by atoms with Crippen LogP contribution in [0.4, 0.5) is 0 Å². The zero-order valence-corrected chi connectivity index (χ0v) is 45.4. The van der Waals surface area contributed by atoms with E-state index in [1.807, 2.05) is 0 Å². The Morgan fingerprint density at radius 3 is 1.08 bits per heavy atom. The zero-order chi connectivity index (χ0) is 52.4. The van der Waals surface area contributed by atoms with Crippen LogP contribution in [-0.4, -0.2) is 142 Å². The number of aliphatic hydroxyl groups excluding tert-OH is 7. The molecule has 15 heteroatoms. The van der Waals surface area contributed by atoms with E-state index in [9.17, 15) is 45.3 Å². The van der Waals surface area contributed by atoms with Crippen molar-refractivity contribution < 1.29 is 73.8 Å². The molecule has 2 rings (SSSR count). The SMILES string of the molecule is CCCCCCCCCCCCCCCCCCCCCCCC(=O)O[C@H](COC(=O)CCCCCCCCCCCCCCCCC)CO[C@H]1O[C@@H](CO[C@H]2O[C@@H](CO)[C@@H](O)C(O)C2O)[C@@H](O)C(O)C1O. The molecule has 2 aliphatic heterocycles. The van der Waals surface area contributed by atoms with Gasteiger partial charge in [-0.3, -0.25) is 9.59 Å². The summed E-state index contributed by atoms with van der Waals surface area (Å²) in [5.41, 5.74) is 0. The van der Waals surface area contributed by atoms with Gasteiger partial charge in [-0.2, -0.15) is 0 Å². The lowest BCUT2D eigenvalue weighted by molar-refractivity contribution is -0.332. The summed E-state index contributed by atoms with van der Waals surface area (Å²) in [7, 11) is 0. The van der Waals surface area contributed by atoms with Crippen LogP contribution in [0.2, 0.25) is 0 Å². The summed E-state index contributed by atoms with van der Waals surface area (Å²) in [6.45, 7) is 2.66. The molecule has 2 saturated heterocycles. The normalized spacial score (nSPS) is 24.9. The largest absolute Gasteiger partial charge is 0.462 e. The van der Waals surface area contributed by atoms with Crippen LogP contribution in [0.1, 0.15) is 258 Å². The molecule has 15 nitrogen and oxygen atoms in total. The maximum atomic E-state index is 13.1. The van der Waals surface area contributed by atoms with E-state index in [4.69, 9.17) is 28.4 Å². The summed E-state index contributed by atoms with van der Waals surface area (Å²) in [5, 5.41) is 72.3. The number of esters is 2. The van der Waals surface area contributed by atoms with Gasteiger partial charge in [0.25, 0.3) is 0 Å². The van der Waals surface area contributed by atoms with Gasteiger partial charge in [-0.05, 0) is 12.8 Å². The highest BCUT2D eigenvalue weighted by atomic mass is 16.7. The maximum absolute atomic E-state index is 13.1. The molecule has 2 heterocycles. The molecule has 0 aromatic heterocycles. The van der Waals surface area contributed by atoms with Crippen molar-refractivity contribution in [2.24, 2.45) is 0 Å². The van der Waals surface area contributed by atoms with Crippen molar-refractivity contribution in [1.82, 2.24) is 0 Å². The van der Waals surface area contributed by atoms with Crippen LogP contribution < -0.4 is 0 Å². The van der Waals surface area contributed by atoms with Gasteiger partial charge in [0.2, 0.25) is 0 Å². The van der Waals surface area contributed by atoms with E-state index in [1.165, 1.54) is 180 Å². The number of unbranched alkanes of at least 4 members (excludes halogenated alkanes) is 34. The van der Waals surface area contributed by atoms with Crippen LogP contribution in [0.3, 0.4) is 0 Å². The Morgan fingerprint density at radius 1 is 0.389 bits per heavy atom. The molecular weight excluding hydrogens is 925 g/mol. The summed E-state index contributed by atoms with van der Waals surface area (Å²) in [6.07, 6.45) is 28.4. The standard InChI is InChI=1S/C57H108O15/c1-3-5-7-9-11-13-15-17-19-20-21-22-23-24-26-28-30-32-34-36-38-40-49(60)70-45(42-67-48(59)39-37-35-33-31-29-27-25-18-16-14-12-10-8-6-4-2)43-68-56-55(66)53(64)51(62)47(72-56)44-69-57-54(65)52(63)50(61)46(41-58)71-57/h45-47,50-58,61-66H,3-44H2,1-2H3/t45-,46+,47+,50-,51-,52?,53?,54?,55?,56+,57+/m1/s1. The Kier molecular flexibility index (Phi) is 41.3. The molecule has 0 aromatic rings. The first-order valence-electron chi connectivity index (χ1n) is 29.6. The van der Waals surface area contributed by atoms with E-state index in [1.54, 1.807) is 0 Å². The van der Waals surface area contributed by atoms with Gasteiger partial charge < -0.3 is 64.2 Å². The molecule has 7 N–H and O–H groups in total.